The van der Waals surface area contributed by atoms with Gasteiger partial charge >= 0.3 is 0 Å². The third kappa shape index (κ3) is 3.45. The van der Waals surface area contributed by atoms with Crippen molar-refractivity contribution in [1.29, 1.82) is 0 Å². The standard InChI is InChI=1S/C10H14ClN5O/c1-16(5-9(17)13-6-2-3-6)8-4-7(11)14-10(12)15-8/h4,6H,2-3,5H2,1H3,(H,13,17)(H2,12,14,15). The van der Waals surface area contributed by atoms with Crippen LogP contribution in [0.15, 0.2) is 6.07 Å². The van der Waals surface area contributed by atoms with E-state index in [4.69, 9.17) is 17.3 Å². The van der Waals surface area contributed by atoms with E-state index in [1.54, 1.807) is 18.0 Å². The average Bonchev–Trinajstić information content (AvgIpc) is 2.99. The first-order chi connectivity index (χ1) is 8.04. The number of anilines is 2. The zero-order valence-electron chi connectivity index (χ0n) is 9.48. The van der Waals surface area contributed by atoms with Gasteiger partial charge in [-0.05, 0) is 12.8 Å². The van der Waals surface area contributed by atoms with Crippen LogP contribution in [-0.2, 0) is 4.79 Å². The molecule has 7 heteroatoms. The second-order valence-electron chi connectivity index (χ2n) is 4.10. The fourth-order valence-corrected chi connectivity index (χ4v) is 1.60. The number of likely N-dealkylation sites (N-methyl/N-ethyl adjacent to an activating group) is 1. The minimum absolute atomic E-state index is 0.0247. The predicted molar refractivity (Wildman–Crippen MR) is 65.9 cm³/mol. The smallest absolute Gasteiger partial charge is 0.239 e. The molecule has 0 spiro atoms. The first kappa shape index (κ1) is 11.9. The van der Waals surface area contributed by atoms with Gasteiger partial charge in [0.2, 0.25) is 11.9 Å². The summed E-state index contributed by atoms with van der Waals surface area (Å²) in [5.41, 5.74) is 5.48. The normalized spacial score (nSPS) is 14.5. The topological polar surface area (TPSA) is 84.1 Å². The number of aromatic nitrogens is 2. The Morgan fingerprint density at radius 1 is 1.65 bits per heavy atom. The van der Waals surface area contributed by atoms with Gasteiger partial charge in [0.05, 0.1) is 6.54 Å². The fourth-order valence-electron chi connectivity index (χ4n) is 1.42. The zero-order chi connectivity index (χ0) is 12.4. The summed E-state index contributed by atoms with van der Waals surface area (Å²) < 4.78 is 0. The molecule has 1 aliphatic carbocycles. The van der Waals surface area contributed by atoms with Crippen LogP contribution < -0.4 is 16.0 Å². The number of nitrogens with two attached hydrogens (primary N) is 1. The maximum Gasteiger partial charge on any atom is 0.239 e. The molecule has 0 saturated heterocycles. The van der Waals surface area contributed by atoms with Crippen molar-refractivity contribution in [3.05, 3.63) is 11.2 Å². The highest BCUT2D eigenvalue weighted by molar-refractivity contribution is 6.29. The molecule has 1 aliphatic rings. The van der Waals surface area contributed by atoms with Crippen LogP contribution in [0.5, 0.6) is 0 Å². The van der Waals surface area contributed by atoms with Crippen LogP contribution >= 0.6 is 11.6 Å². The average molecular weight is 256 g/mol. The number of hydrogen-bond acceptors (Lipinski definition) is 5. The van der Waals surface area contributed by atoms with Crippen LogP contribution in [0.1, 0.15) is 12.8 Å². The molecule has 1 amide bonds. The van der Waals surface area contributed by atoms with Gasteiger partial charge in [0, 0.05) is 19.2 Å². The van der Waals surface area contributed by atoms with E-state index in [9.17, 15) is 4.79 Å². The minimum Gasteiger partial charge on any atom is -0.368 e. The van der Waals surface area contributed by atoms with Gasteiger partial charge in [-0.15, -0.1) is 0 Å². The van der Waals surface area contributed by atoms with E-state index in [0.29, 0.717) is 11.9 Å². The summed E-state index contributed by atoms with van der Waals surface area (Å²) in [6.07, 6.45) is 2.14. The molecule has 17 heavy (non-hydrogen) atoms. The molecule has 92 valence electrons. The molecule has 1 aromatic heterocycles. The highest BCUT2D eigenvalue weighted by Crippen LogP contribution is 2.19. The number of carbonyl (C=O) groups is 1. The van der Waals surface area contributed by atoms with Crippen molar-refractivity contribution in [2.45, 2.75) is 18.9 Å². The summed E-state index contributed by atoms with van der Waals surface area (Å²) in [7, 11) is 1.75. The van der Waals surface area contributed by atoms with E-state index in [1.165, 1.54) is 0 Å². The largest absolute Gasteiger partial charge is 0.368 e. The lowest BCUT2D eigenvalue weighted by Gasteiger charge is -2.17. The monoisotopic (exact) mass is 255 g/mol. The number of nitrogens with one attached hydrogen (secondary N) is 1. The lowest BCUT2D eigenvalue weighted by molar-refractivity contribution is -0.119. The molecule has 2 rings (SSSR count). The fraction of sp³-hybridized carbons (Fsp3) is 0.500. The quantitative estimate of drug-likeness (QED) is 0.762. The molecule has 3 N–H and O–H groups in total. The third-order valence-corrected chi connectivity index (χ3v) is 2.61. The maximum atomic E-state index is 11.6. The lowest BCUT2D eigenvalue weighted by Crippen LogP contribution is -2.36. The Kier molecular flexibility index (Phi) is 3.33. The van der Waals surface area contributed by atoms with Crippen LogP contribution in [-0.4, -0.2) is 35.5 Å². The number of hydrogen-bond donors (Lipinski definition) is 2. The van der Waals surface area contributed by atoms with E-state index < -0.39 is 0 Å². The van der Waals surface area contributed by atoms with Crippen LogP contribution in [0.2, 0.25) is 5.15 Å². The Bertz CT molecular complexity index is 414. The molecule has 0 aromatic carbocycles. The van der Waals surface area contributed by atoms with Crippen molar-refractivity contribution >= 4 is 29.3 Å². The van der Waals surface area contributed by atoms with Crippen molar-refractivity contribution in [3.8, 4) is 0 Å². The zero-order valence-corrected chi connectivity index (χ0v) is 10.2. The van der Waals surface area contributed by atoms with Crippen molar-refractivity contribution in [2.24, 2.45) is 0 Å². The van der Waals surface area contributed by atoms with Crippen molar-refractivity contribution in [3.63, 3.8) is 0 Å². The van der Waals surface area contributed by atoms with Gasteiger partial charge in [-0.2, -0.15) is 4.98 Å². The number of amides is 1. The molecule has 0 atom stereocenters. The molecule has 1 aromatic rings. The van der Waals surface area contributed by atoms with E-state index in [0.717, 1.165) is 12.8 Å². The molecule has 0 bridgehead atoms. The number of nitrogens with zero attached hydrogens (tertiary/aromatic N) is 3. The minimum atomic E-state index is -0.0247. The van der Waals surface area contributed by atoms with Gasteiger partial charge in [-0.25, -0.2) is 4.98 Å². The molecular weight excluding hydrogens is 242 g/mol. The van der Waals surface area contributed by atoms with Gasteiger partial charge in [-0.1, -0.05) is 11.6 Å². The molecule has 0 radical (unpaired) electrons. The van der Waals surface area contributed by atoms with Crippen molar-refractivity contribution in [2.75, 3.05) is 24.2 Å². The Morgan fingerprint density at radius 3 is 2.94 bits per heavy atom. The molecule has 1 fully saturated rings. The highest BCUT2D eigenvalue weighted by atomic mass is 35.5. The molecule has 1 heterocycles. The lowest BCUT2D eigenvalue weighted by atomic mass is 10.4. The van der Waals surface area contributed by atoms with Gasteiger partial charge in [0.1, 0.15) is 11.0 Å². The summed E-state index contributed by atoms with van der Waals surface area (Å²) in [5, 5.41) is 3.16. The summed E-state index contributed by atoms with van der Waals surface area (Å²) in [4.78, 5) is 21.0. The third-order valence-electron chi connectivity index (χ3n) is 2.41. The first-order valence-electron chi connectivity index (χ1n) is 5.35. The van der Waals surface area contributed by atoms with Gasteiger partial charge in [-0.3, -0.25) is 4.79 Å². The van der Waals surface area contributed by atoms with E-state index in [-0.39, 0.29) is 23.6 Å². The van der Waals surface area contributed by atoms with Crippen LogP contribution in [0.3, 0.4) is 0 Å². The van der Waals surface area contributed by atoms with Gasteiger partial charge < -0.3 is 16.0 Å². The SMILES string of the molecule is CN(CC(=O)NC1CC1)c1cc(Cl)nc(N)n1. The maximum absolute atomic E-state index is 11.6. The van der Waals surface area contributed by atoms with Gasteiger partial charge in [0.25, 0.3) is 0 Å². The molecule has 6 nitrogen and oxygen atoms in total. The summed E-state index contributed by atoms with van der Waals surface area (Å²) in [5.74, 6) is 0.610. The molecule has 0 unspecified atom stereocenters. The van der Waals surface area contributed by atoms with Crippen LogP contribution in [0.25, 0.3) is 0 Å². The number of rotatable bonds is 4. The van der Waals surface area contributed by atoms with Crippen molar-refractivity contribution in [1.82, 2.24) is 15.3 Å². The number of carbonyl (C=O) groups excluding carboxylic acids is 1. The summed E-state index contributed by atoms with van der Waals surface area (Å²) in [6, 6.07) is 1.93. The Morgan fingerprint density at radius 2 is 2.35 bits per heavy atom. The molecule has 0 aliphatic heterocycles. The van der Waals surface area contributed by atoms with Gasteiger partial charge in [0.15, 0.2) is 0 Å². The highest BCUT2D eigenvalue weighted by Gasteiger charge is 2.23. The Labute approximate surface area is 104 Å². The van der Waals surface area contributed by atoms with Crippen molar-refractivity contribution < 1.29 is 4.79 Å². The van der Waals surface area contributed by atoms with Crippen LogP contribution in [0, 0.1) is 0 Å². The summed E-state index contributed by atoms with van der Waals surface area (Å²) in [6.45, 7) is 0.225. The second-order valence-corrected chi connectivity index (χ2v) is 4.49. The molecular formula is C10H14ClN5O. The van der Waals surface area contributed by atoms with E-state index >= 15 is 0 Å². The predicted octanol–water partition coefficient (Wildman–Crippen LogP) is 0.427. The van der Waals surface area contributed by atoms with E-state index in [1.807, 2.05) is 0 Å². The number of halogens is 1. The van der Waals surface area contributed by atoms with Crippen LogP contribution in [0.4, 0.5) is 11.8 Å². The first-order valence-corrected chi connectivity index (χ1v) is 5.73. The Balaban J connectivity index is 1.97. The second kappa shape index (κ2) is 4.75. The number of nitrogen functional groups attached to an aromatic ring is 1. The summed E-state index contributed by atoms with van der Waals surface area (Å²) >= 11 is 5.77. The Hall–Kier alpha value is -1.56. The molecule has 1 saturated carbocycles. The van der Waals surface area contributed by atoms with E-state index in [2.05, 4.69) is 15.3 Å².